The highest BCUT2D eigenvalue weighted by atomic mass is 19.1. The molecule has 0 unspecified atom stereocenters. The number of rotatable bonds is 1. The van der Waals surface area contributed by atoms with Crippen LogP contribution in [0.5, 0.6) is 0 Å². The minimum absolute atomic E-state index is 0.204. The minimum Gasteiger partial charge on any atom is -0.308 e. The molecule has 0 aliphatic carbocycles. The predicted octanol–water partition coefficient (Wildman–Crippen LogP) is 6.36. The van der Waals surface area contributed by atoms with E-state index >= 15 is 0 Å². The van der Waals surface area contributed by atoms with Gasteiger partial charge in [0.1, 0.15) is 5.82 Å². The molecule has 0 fully saturated rings. The maximum Gasteiger partial charge on any atom is 0.123 e. The Hall–Kier alpha value is -3.13. The van der Waals surface area contributed by atoms with Crippen molar-refractivity contribution in [1.29, 1.82) is 0 Å². The van der Waals surface area contributed by atoms with Crippen LogP contribution in [0.15, 0.2) is 78.9 Å². The predicted molar refractivity (Wildman–Crippen MR) is 103 cm³/mol. The zero-order chi connectivity index (χ0) is 17.0. The summed E-state index contributed by atoms with van der Waals surface area (Å²) in [5.41, 5.74) is 5.76. The van der Waals surface area contributed by atoms with E-state index in [9.17, 15) is 4.39 Å². The van der Waals surface area contributed by atoms with Gasteiger partial charge in [-0.2, -0.15) is 0 Å². The van der Waals surface area contributed by atoms with E-state index in [4.69, 9.17) is 0 Å². The van der Waals surface area contributed by atoms with E-state index in [1.54, 1.807) is 12.1 Å². The number of benzene rings is 3. The molecule has 5 aromatic rings. The first-order valence-electron chi connectivity index (χ1n) is 8.41. The average molecular weight is 325 g/mol. The Morgan fingerprint density at radius 2 is 1.52 bits per heavy atom. The van der Waals surface area contributed by atoms with Crippen molar-refractivity contribution in [2.45, 2.75) is 6.92 Å². The molecule has 0 spiro atoms. The van der Waals surface area contributed by atoms with Crippen LogP contribution in [0.25, 0.3) is 38.4 Å². The van der Waals surface area contributed by atoms with Gasteiger partial charge in [0.15, 0.2) is 0 Å². The lowest BCUT2D eigenvalue weighted by Gasteiger charge is -2.12. The van der Waals surface area contributed by atoms with Gasteiger partial charge in [0.05, 0.1) is 16.7 Å². The maximum absolute atomic E-state index is 13.9. The molecule has 0 aliphatic heterocycles. The molecule has 0 saturated heterocycles. The van der Waals surface area contributed by atoms with Crippen LogP contribution in [0.1, 0.15) is 5.56 Å². The topological polar surface area (TPSA) is 4.41 Å². The van der Waals surface area contributed by atoms with E-state index < -0.39 is 0 Å². The lowest BCUT2D eigenvalue weighted by atomic mass is 10.0. The maximum atomic E-state index is 13.9. The second-order valence-electron chi connectivity index (χ2n) is 6.45. The smallest absolute Gasteiger partial charge is 0.123 e. The lowest BCUT2D eigenvalue weighted by Crippen LogP contribution is -1.94. The third-order valence-corrected chi connectivity index (χ3v) is 5.00. The summed E-state index contributed by atoms with van der Waals surface area (Å²) in [6, 6.07) is 25.9. The zero-order valence-corrected chi connectivity index (χ0v) is 13.8. The fourth-order valence-electron chi connectivity index (χ4n) is 3.88. The molecule has 2 heterocycles. The Bertz CT molecular complexity index is 1250. The van der Waals surface area contributed by atoms with Crippen LogP contribution >= 0.6 is 0 Å². The van der Waals surface area contributed by atoms with E-state index in [0.29, 0.717) is 0 Å². The highest BCUT2D eigenvalue weighted by Crippen LogP contribution is 2.36. The number of halogens is 1. The van der Waals surface area contributed by atoms with Crippen LogP contribution in [-0.4, -0.2) is 4.40 Å². The Kier molecular flexibility index (Phi) is 2.95. The molecule has 2 heteroatoms. The van der Waals surface area contributed by atoms with Crippen molar-refractivity contribution in [2.75, 3.05) is 0 Å². The van der Waals surface area contributed by atoms with Crippen LogP contribution in [0.3, 0.4) is 0 Å². The quantitative estimate of drug-likeness (QED) is 0.338. The number of aromatic nitrogens is 1. The van der Waals surface area contributed by atoms with E-state index in [1.165, 1.54) is 16.5 Å². The van der Waals surface area contributed by atoms with Crippen LogP contribution in [0.2, 0.25) is 0 Å². The molecule has 2 aromatic heterocycles. The lowest BCUT2D eigenvalue weighted by molar-refractivity contribution is 0.630. The van der Waals surface area contributed by atoms with Crippen molar-refractivity contribution in [3.63, 3.8) is 0 Å². The number of fused-ring (bicyclic) bond motifs is 5. The van der Waals surface area contributed by atoms with Crippen molar-refractivity contribution < 1.29 is 4.39 Å². The molecule has 0 atom stereocenters. The second kappa shape index (κ2) is 5.18. The average Bonchev–Trinajstić information content (AvgIpc) is 2.95. The first kappa shape index (κ1) is 14.2. The summed E-state index contributed by atoms with van der Waals surface area (Å²) in [4.78, 5) is 0. The summed E-state index contributed by atoms with van der Waals surface area (Å²) in [5.74, 6) is -0.204. The number of aryl methyl sites for hydroxylation is 1. The molecule has 0 aliphatic rings. The molecular formula is C23H16FN. The fraction of sp³-hybridized carbons (Fsp3) is 0.0435. The standard InChI is InChI=1S/C23H16FN/c1-15-19-9-5-6-10-21(19)25-22(16-7-3-2-4-8-16)14-17-13-18(24)11-12-20(17)23(15)25/h2-14H,1H3. The summed E-state index contributed by atoms with van der Waals surface area (Å²) < 4.78 is 16.2. The van der Waals surface area contributed by atoms with E-state index in [1.807, 2.05) is 24.3 Å². The minimum atomic E-state index is -0.204. The SMILES string of the molecule is Cc1c2ccccc2n2c(-c3ccccc3)cc3cc(F)ccc3c12. The first-order chi connectivity index (χ1) is 12.2. The number of pyridine rings is 1. The molecule has 1 nitrogen and oxygen atoms in total. The first-order valence-corrected chi connectivity index (χ1v) is 8.41. The molecule has 3 aromatic carbocycles. The summed E-state index contributed by atoms with van der Waals surface area (Å²) in [6.45, 7) is 2.15. The van der Waals surface area contributed by atoms with Gasteiger partial charge in [0.2, 0.25) is 0 Å². The van der Waals surface area contributed by atoms with Gasteiger partial charge in [0.25, 0.3) is 0 Å². The van der Waals surface area contributed by atoms with Gasteiger partial charge in [-0.05, 0) is 53.8 Å². The molecule has 0 saturated carbocycles. The molecular weight excluding hydrogens is 309 g/mol. The molecule has 0 amide bonds. The highest BCUT2D eigenvalue weighted by molar-refractivity contribution is 6.07. The van der Waals surface area contributed by atoms with Crippen LogP contribution in [-0.2, 0) is 0 Å². The number of nitrogens with zero attached hydrogens (tertiary/aromatic N) is 1. The normalized spacial score (nSPS) is 11.6. The Morgan fingerprint density at radius 3 is 2.36 bits per heavy atom. The zero-order valence-electron chi connectivity index (χ0n) is 13.8. The van der Waals surface area contributed by atoms with Gasteiger partial charge < -0.3 is 4.40 Å². The van der Waals surface area contributed by atoms with Crippen LogP contribution in [0, 0.1) is 12.7 Å². The summed E-state index contributed by atoms with van der Waals surface area (Å²) in [7, 11) is 0. The molecule has 25 heavy (non-hydrogen) atoms. The number of hydrogen-bond donors (Lipinski definition) is 0. The third kappa shape index (κ3) is 2.01. The summed E-state index contributed by atoms with van der Waals surface area (Å²) >= 11 is 0. The summed E-state index contributed by atoms with van der Waals surface area (Å²) in [5, 5.41) is 3.24. The number of hydrogen-bond acceptors (Lipinski definition) is 0. The van der Waals surface area contributed by atoms with E-state index in [-0.39, 0.29) is 5.82 Å². The van der Waals surface area contributed by atoms with Gasteiger partial charge in [-0.25, -0.2) is 4.39 Å². The van der Waals surface area contributed by atoms with Crippen molar-refractivity contribution in [1.82, 2.24) is 4.40 Å². The molecule has 5 rings (SSSR count). The molecule has 0 bridgehead atoms. The van der Waals surface area contributed by atoms with E-state index in [0.717, 1.165) is 27.5 Å². The Labute approximate surface area is 145 Å². The van der Waals surface area contributed by atoms with Crippen molar-refractivity contribution in [2.24, 2.45) is 0 Å². The molecule has 0 radical (unpaired) electrons. The monoisotopic (exact) mass is 325 g/mol. The Balaban J connectivity index is 2.09. The van der Waals surface area contributed by atoms with Gasteiger partial charge in [0, 0.05) is 10.8 Å². The van der Waals surface area contributed by atoms with Crippen molar-refractivity contribution in [3.8, 4) is 11.3 Å². The van der Waals surface area contributed by atoms with Crippen molar-refractivity contribution in [3.05, 3.63) is 90.2 Å². The summed E-state index contributed by atoms with van der Waals surface area (Å²) in [6.07, 6.45) is 0. The highest BCUT2D eigenvalue weighted by Gasteiger charge is 2.15. The van der Waals surface area contributed by atoms with Gasteiger partial charge in [-0.1, -0.05) is 48.5 Å². The Morgan fingerprint density at radius 1 is 0.760 bits per heavy atom. The largest absolute Gasteiger partial charge is 0.308 e. The van der Waals surface area contributed by atoms with E-state index in [2.05, 4.69) is 53.8 Å². The van der Waals surface area contributed by atoms with Crippen molar-refractivity contribution >= 4 is 27.2 Å². The van der Waals surface area contributed by atoms with Gasteiger partial charge in [-0.15, -0.1) is 0 Å². The van der Waals surface area contributed by atoms with Crippen LogP contribution in [0.4, 0.5) is 4.39 Å². The fourth-order valence-corrected chi connectivity index (χ4v) is 3.88. The number of para-hydroxylation sites is 1. The van der Waals surface area contributed by atoms with Crippen LogP contribution < -0.4 is 0 Å². The van der Waals surface area contributed by atoms with Gasteiger partial charge >= 0.3 is 0 Å². The third-order valence-electron chi connectivity index (χ3n) is 5.00. The molecule has 120 valence electrons. The second-order valence-corrected chi connectivity index (χ2v) is 6.45. The van der Waals surface area contributed by atoms with Gasteiger partial charge in [-0.3, -0.25) is 0 Å². The molecule has 0 N–H and O–H groups in total.